The molecule has 0 aliphatic rings. The molecule has 174 valence electrons. The number of esters is 1. The molecule has 11 heteroatoms. The first-order valence-corrected chi connectivity index (χ1v) is 11.3. The molecule has 0 fully saturated rings. The highest BCUT2D eigenvalue weighted by Gasteiger charge is 2.12. The van der Waals surface area contributed by atoms with Crippen molar-refractivity contribution in [3.63, 3.8) is 0 Å². The molecule has 3 rings (SSSR count). The first-order chi connectivity index (χ1) is 16.0. The molecular formula is C22H25N5O5S. The normalized spacial score (nSPS) is 10.7. The van der Waals surface area contributed by atoms with Crippen molar-refractivity contribution in [3.8, 4) is 0 Å². The molecular weight excluding hydrogens is 446 g/mol. The minimum absolute atomic E-state index is 0.0613. The van der Waals surface area contributed by atoms with E-state index in [1.54, 1.807) is 12.3 Å². The lowest BCUT2D eigenvalue weighted by Gasteiger charge is -2.07. The quantitative estimate of drug-likeness (QED) is 0.296. The number of nitrogens with zero attached hydrogens (tertiary/aromatic N) is 4. The van der Waals surface area contributed by atoms with Crippen LogP contribution in [0.4, 0.5) is 0 Å². The predicted molar refractivity (Wildman–Crippen MR) is 121 cm³/mol. The summed E-state index contributed by atoms with van der Waals surface area (Å²) in [5.74, 6) is -0.792. The van der Waals surface area contributed by atoms with E-state index < -0.39 is 11.7 Å². The van der Waals surface area contributed by atoms with Crippen LogP contribution in [0.5, 0.6) is 0 Å². The lowest BCUT2D eigenvalue weighted by Crippen LogP contribution is -2.26. The number of rotatable bonds is 12. The van der Waals surface area contributed by atoms with Gasteiger partial charge in [-0.25, -0.2) is 4.79 Å². The van der Waals surface area contributed by atoms with E-state index in [0.29, 0.717) is 25.1 Å². The second-order valence-corrected chi connectivity index (χ2v) is 8.22. The Kier molecular flexibility index (Phi) is 9.21. The first kappa shape index (κ1) is 24.2. The molecule has 1 aromatic carbocycles. The van der Waals surface area contributed by atoms with Gasteiger partial charge in [-0.2, -0.15) is 4.98 Å². The molecule has 0 spiro atoms. The summed E-state index contributed by atoms with van der Waals surface area (Å²) in [6.45, 7) is 0.697. The number of unbranched alkanes of at least 4 members (excludes halogenated alkanes) is 1. The summed E-state index contributed by atoms with van der Waals surface area (Å²) in [6, 6.07) is 11.0. The zero-order valence-corrected chi connectivity index (χ0v) is 18.8. The third-order valence-corrected chi connectivity index (χ3v) is 5.58. The summed E-state index contributed by atoms with van der Waals surface area (Å²) in [7, 11) is 0. The molecule has 0 saturated heterocycles. The number of aromatic nitrogens is 4. The number of hydrogen-bond acceptors (Lipinski definition) is 9. The number of carbonyl (C=O) groups is 2. The van der Waals surface area contributed by atoms with Gasteiger partial charge >= 0.3 is 11.7 Å². The Morgan fingerprint density at radius 1 is 1.12 bits per heavy atom. The summed E-state index contributed by atoms with van der Waals surface area (Å²) >= 11 is 1.21. The summed E-state index contributed by atoms with van der Waals surface area (Å²) in [6.07, 6.45) is 3.68. The molecule has 33 heavy (non-hydrogen) atoms. The minimum Gasteiger partial charge on any atom is -0.461 e. The molecule has 0 radical (unpaired) electrons. The fourth-order valence-electron chi connectivity index (χ4n) is 2.92. The number of ether oxygens (including phenoxy) is 1. The van der Waals surface area contributed by atoms with Gasteiger partial charge in [0.1, 0.15) is 11.6 Å². The van der Waals surface area contributed by atoms with Crippen molar-refractivity contribution in [2.75, 3.05) is 13.2 Å². The van der Waals surface area contributed by atoms with Crippen LogP contribution in [0.1, 0.15) is 38.9 Å². The molecule has 0 bridgehead atoms. The Morgan fingerprint density at radius 3 is 2.70 bits per heavy atom. The smallest absolute Gasteiger partial charge is 0.347 e. The zero-order chi connectivity index (χ0) is 23.5. The van der Waals surface area contributed by atoms with Gasteiger partial charge in [-0.3, -0.25) is 14.2 Å². The van der Waals surface area contributed by atoms with E-state index in [0.717, 1.165) is 17.0 Å². The molecule has 0 unspecified atom stereocenters. The van der Waals surface area contributed by atoms with Gasteiger partial charge in [-0.05, 0) is 24.5 Å². The summed E-state index contributed by atoms with van der Waals surface area (Å²) in [5.41, 5.74) is 0.848. The zero-order valence-electron chi connectivity index (χ0n) is 18.0. The van der Waals surface area contributed by atoms with E-state index in [2.05, 4.69) is 20.5 Å². The number of aliphatic hydroxyl groups excluding tert-OH is 1. The highest BCUT2D eigenvalue weighted by atomic mass is 32.1. The lowest BCUT2D eigenvalue weighted by atomic mass is 10.2. The van der Waals surface area contributed by atoms with Gasteiger partial charge in [0.25, 0.3) is 5.91 Å². The van der Waals surface area contributed by atoms with Crippen molar-refractivity contribution < 1.29 is 19.4 Å². The van der Waals surface area contributed by atoms with Crippen molar-refractivity contribution in [2.45, 2.75) is 38.8 Å². The highest BCUT2D eigenvalue weighted by molar-refractivity contribution is 7.13. The van der Waals surface area contributed by atoms with Crippen LogP contribution in [0.2, 0.25) is 0 Å². The molecule has 2 aromatic heterocycles. The van der Waals surface area contributed by atoms with Gasteiger partial charge in [0.15, 0.2) is 0 Å². The van der Waals surface area contributed by atoms with Crippen molar-refractivity contribution in [1.29, 1.82) is 0 Å². The van der Waals surface area contributed by atoms with Crippen LogP contribution in [-0.2, 0) is 35.5 Å². The number of nitrogens with one attached hydrogen (secondary N) is 1. The summed E-state index contributed by atoms with van der Waals surface area (Å²) < 4.78 is 6.72. The van der Waals surface area contributed by atoms with Crippen molar-refractivity contribution >= 4 is 23.2 Å². The molecule has 3 aromatic rings. The number of amides is 1. The molecule has 1 amide bonds. The second-order valence-electron chi connectivity index (χ2n) is 7.16. The Morgan fingerprint density at radius 2 is 1.94 bits per heavy atom. The Labute approximate surface area is 194 Å². The van der Waals surface area contributed by atoms with Crippen LogP contribution in [0, 0.1) is 0 Å². The number of benzene rings is 1. The van der Waals surface area contributed by atoms with E-state index >= 15 is 0 Å². The number of carbonyl (C=O) groups excluding carboxylic acids is 2. The summed E-state index contributed by atoms with van der Waals surface area (Å²) in [5, 5.41) is 20.1. The molecule has 0 atom stereocenters. The topological polar surface area (TPSA) is 136 Å². The maximum atomic E-state index is 12.2. The first-order valence-electron chi connectivity index (χ1n) is 10.5. The molecule has 0 aliphatic heterocycles. The SMILES string of the molecule is O=C(Cc1ccn(CCCCc2nnc(C(=O)NCCO)s2)c(=O)n1)OCc1ccccc1. The van der Waals surface area contributed by atoms with Gasteiger partial charge < -0.3 is 15.2 Å². The van der Waals surface area contributed by atoms with E-state index in [4.69, 9.17) is 9.84 Å². The van der Waals surface area contributed by atoms with Gasteiger partial charge in [0, 0.05) is 25.7 Å². The van der Waals surface area contributed by atoms with Crippen LogP contribution >= 0.6 is 11.3 Å². The molecule has 0 saturated carbocycles. The fraction of sp³-hybridized carbons (Fsp3) is 0.364. The van der Waals surface area contributed by atoms with Gasteiger partial charge in [0.2, 0.25) is 5.01 Å². The van der Waals surface area contributed by atoms with E-state index in [1.807, 2.05) is 30.3 Å². The third kappa shape index (κ3) is 7.88. The average molecular weight is 472 g/mol. The molecule has 0 aliphatic carbocycles. The minimum atomic E-state index is -0.440. The Balaban J connectivity index is 1.40. The average Bonchev–Trinajstić information content (AvgIpc) is 3.30. The lowest BCUT2D eigenvalue weighted by molar-refractivity contribution is -0.144. The van der Waals surface area contributed by atoms with Crippen molar-refractivity contribution in [1.82, 2.24) is 25.1 Å². The summed E-state index contributed by atoms with van der Waals surface area (Å²) in [4.78, 5) is 40.0. The second kappa shape index (κ2) is 12.6. The maximum absolute atomic E-state index is 12.2. The van der Waals surface area contributed by atoms with Crippen LogP contribution in [0.15, 0.2) is 47.4 Å². The van der Waals surface area contributed by atoms with E-state index in [9.17, 15) is 14.4 Å². The van der Waals surface area contributed by atoms with Gasteiger partial charge in [-0.15, -0.1) is 10.2 Å². The van der Waals surface area contributed by atoms with Crippen LogP contribution in [-0.4, -0.2) is 49.9 Å². The molecule has 10 nitrogen and oxygen atoms in total. The highest BCUT2D eigenvalue weighted by Crippen LogP contribution is 2.13. The monoisotopic (exact) mass is 471 g/mol. The van der Waals surface area contributed by atoms with Crippen molar-refractivity contribution in [3.05, 3.63) is 74.4 Å². The van der Waals surface area contributed by atoms with E-state index in [-0.39, 0.29) is 37.1 Å². The number of aliphatic hydroxyl groups is 1. The van der Waals surface area contributed by atoms with Crippen LogP contribution in [0.3, 0.4) is 0 Å². The molecule has 2 heterocycles. The standard InChI is InChI=1S/C22H25N5O5S/c28-13-10-23-20(30)21-26-25-18(33-21)8-4-5-11-27-12-9-17(24-22(27)31)14-19(29)32-15-16-6-2-1-3-7-16/h1-3,6-7,9,12,28H,4-5,8,10-11,13-15H2,(H,23,30). The predicted octanol–water partition coefficient (Wildman–Crippen LogP) is 1.13. The van der Waals surface area contributed by atoms with Gasteiger partial charge in [-0.1, -0.05) is 41.7 Å². The third-order valence-electron chi connectivity index (χ3n) is 4.60. The number of aryl methyl sites for hydroxylation is 2. The van der Waals surface area contributed by atoms with Crippen molar-refractivity contribution in [2.24, 2.45) is 0 Å². The van der Waals surface area contributed by atoms with Crippen LogP contribution in [0.25, 0.3) is 0 Å². The Hall–Kier alpha value is -3.44. The maximum Gasteiger partial charge on any atom is 0.347 e. The Bertz CT molecular complexity index is 1120. The fourth-order valence-corrected chi connectivity index (χ4v) is 3.72. The largest absolute Gasteiger partial charge is 0.461 e. The van der Waals surface area contributed by atoms with Crippen LogP contribution < -0.4 is 11.0 Å². The number of hydrogen-bond donors (Lipinski definition) is 2. The molecule has 2 N–H and O–H groups in total. The van der Waals surface area contributed by atoms with E-state index in [1.165, 1.54) is 15.9 Å². The van der Waals surface area contributed by atoms with Gasteiger partial charge in [0.05, 0.1) is 18.7 Å².